The number of alkyl halides is 3. The topological polar surface area (TPSA) is 60.4 Å². The molecule has 0 saturated carbocycles. The summed E-state index contributed by atoms with van der Waals surface area (Å²) in [7, 11) is 0. The van der Waals surface area contributed by atoms with Crippen LogP contribution in [-0.4, -0.2) is 23.4 Å². The van der Waals surface area contributed by atoms with Gasteiger partial charge in [-0.15, -0.1) is 0 Å². The number of carboxylic acids is 1. The first-order chi connectivity index (χ1) is 3.85. The van der Waals surface area contributed by atoms with Gasteiger partial charge in [0.2, 0.25) is 0 Å². The lowest BCUT2D eigenvalue weighted by atomic mass is 10.4. The fraction of sp³-hybridized carbons (Fsp3) is 0.667. The number of hydrogen-bond acceptors (Lipinski definition) is 3. The second-order valence-corrected chi connectivity index (χ2v) is 1.26. The lowest BCUT2D eigenvalue weighted by Crippen LogP contribution is -2.45. The van der Waals surface area contributed by atoms with Gasteiger partial charge in [-0.25, -0.2) is 0 Å². The van der Waals surface area contributed by atoms with Crippen LogP contribution in [0, 0.1) is 0 Å². The molecule has 0 heterocycles. The summed E-state index contributed by atoms with van der Waals surface area (Å²) in [5, 5.41) is 16.9. The fourth-order valence-electron chi connectivity index (χ4n) is 0.134. The Bertz CT molecular complexity index is 118. The zero-order valence-electron chi connectivity index (χ0n) is 3.97. The highest BCUT2D eigenvalue weighted by Gasteiger charge is 2.39. The van der Waals surface area contributed by atoms with Crippen molar-refractivity contribution >= 4 is 5.97 Å². The molecule has 0 unspecified atom stereocenters. The van der Waals surface area contributed by atoms with Gasteiger partial charge in [0.1, 0.15) is 0 Å². The summed E-state index contributed by atoms with van der Waals surface area (Å²) in [6, 6.07) is 0. The molecule has 0 aromatic heterocycles. The molecule has 0 bridgehead atoms. The van der Waals surface area contributed by atoms with Crippen LogP contribution >= 0.6 is 0 Å². The first-order valence-electron chi connectivity index (χ1n) is 1.81. The second-order valence-electron chi connectivity index (χ2n) is 1.26. The van der Waals surface area contributed by atoms with E-state index in [4.69, 9.17) is 5.11 Å². The molecule has 0 saturated heterocycles. The molecule has 0 aliphatic carbocycles. The highest BCUT2D eigenvalue weighted by atomic mass is 19.4. The lowest BCUT2D eigenvalue weighted by Gasteiger charge is -2.13. The molecule has 0 rings (SSSR count). The van der Waals surface area contributed by atoms with E-state index in [1.165, 1.54) is 0 Å². The Balaban J connectivity index is 4.04. The van der Waals surface area contributed by atoms with Gasteiger partial charge in [0.05, 0.1) is 5.97 Å². The summed E-state index contributed by atoms with van der Waals surface area (Å²) in [5.74, 6) is -2.54. The lowest BCUT2D eigenvalue weighted by molar-refractivity contribution is -0.332. The molecular weight excluding hydrogens is 141 g/mol. The van der Waals surface area contributed by atoms with Crippen molar-refractivity contribution in [3.63, 3.8) is 0 Å². The van der Waals surface area contributed by atoms with Crippen LogP contribution in [0.15, 0.2) is 0 Å². The molecule has 9 heavy (non-hydrogen) atoms. The van der Waals surface area contributed by atoms with Gasteiger partial charge in [0.25, 0.3) is 0 Å². The van der Waals surface area contributed by atoms with Gasteiger partial charge in [-0.2, -0.15) is 13.2 Å². The number of rotatable bonds is 1. The van der Waals surface area contributed by atoms with Crippen molar-refractivity contribution in [2.24, 2.45) is 0 Å². The van der Waals surface area contributed by atoms with E-state index < -0.39 is 18.2 Å². The van der Waals surface area contributed by atoms with Crippen molar-refractivity contribution in [1.29, 1.82) is 0 Å². The largest absolute Gasteiger partial charge is 0.547 e. The van der Waals surface area contributed by atoms with Gasteiger partial charge >= 0.3 is 6.18 Å². The fourth-order valence-corrected chi connectivity index (χ4v) is 0.134. The first-order valence-corrected chi connectivity index (χ1v) is 1.81. The summed E-state index contributed by atoms with van der Waals surface area (Å²) in [6.45, 7) is 0. The van der Waals surface area contributed by atoms with Gasteiger partial charge in [-0.3, -0.25) is 0 Å². The number of aliphatic carboxylic acids is 1. The standard InChI is InChI=1S/C3H3F3O3/c4-3(5,6)1(7)2(8)9/h1,7H,(H,8,9)/p-1/t1-/m0/s1. The molecule has 1 N–H and O–H groups in total. The van der Waals surface area contributed by atoms with Gasteiger partial charge in [-0.1, -0.05) is 0 Å². The molecule has 0 amide bonds. The van der Waals surface area contributed by atoms with E-state index in [0.29, 0.717) is 0 Å². The third-order valence-electron chi connectivity index (χ3n) is 0.533. The Morgan fingerprint density at radius 1 is 1.56 bits per heavy atom. The maximum atomic E-state index is 11.0. The van der Waals surface area contributed by atoms with E-state index in [1.807, 2.05) is 0 Å². The highest BCUT2D eigenvalue weighted by molar-refractivity contribution is 5.70. The Morgan fingerprint density at radius 3 is 1.89 bits per heavy atom. The third kappa shape index (κ3) is 2.31. The molecule has 0 aliphatic heterocycles. The number of halogens is 3. The van der Waals surface area contributed by atoms with Crippen molar-refractivity contribution in [3.05, 3.63) is 0 Å². The number of carbonyl (C=O) groups excluding carboxylic acids is 1. The molecule has 0 spiro atoms. The molecule has 0 aromatic carbocycles. The molecule has 0 fully saturated rings. The van der Waals surface area contributed by atoms with Crippen molar-refractivity contribution in [3.8, 4) is 0 Å². The van der Waals surface area contributed by atoms with Crippen LogP contribution in [0.2, 0.25) is 0 Å². The maximum absolute atomic E-state index is 11.0. The summed E-state index contributed by atoms with van der Waals surface area (Å²) >= 11 is 0. The van der Waals surface area contributed by atoms with E-state index in [2.05, 4.69) is 0 Å². The van der Waals surface area contributed by atoms with Crippen LogP contribution in [0.25, 0.3) is 0 Å². The molecule has 0 radical (unpaired) electrons. The molecule has 0 aliphatic rings. The first kappa shape index (κ1) is 8.22. The Hall–Kier alpha value is -0.780. The normalized spacial score (nSPS) is 15.1. The van der Waals surface area contributed by atoms with E-state index in [1.54, 1.807) is 0 Å². The minimum absolute atomic E-state index is 2.54. The zero-order chi connectivity index (χ0) is 7.65. The van der Waals surface area contributed by atoms with E-state index in [9.17, 15) is 23.1 Å². The number of carbonyl (C=O) groups is 1. The van der Waals surface area contributed by atoms with E-state index >= 15 is 0 Å². The van der Waals surface area contributed by atoms with Crippen molar-refractivity contribution in [2.75, 3.05) is 0 Å². The molecular formula is C3H2F3O3-. The van der Waals surface area contributed by atoms with E-state index in [0.717, 1.165) is 0 Å². The van der Waals surface area contributed by atoms with E-state index in [-0.39, 0.29) is 0 Å². The average Bonchev–Trinajstić information content (AvgIpc) is 1.62. The molecule has 6 heteroatoms. The van der Waals surface area contributed by atoms with Crippen molar-refractivity contribution in [2.45, 2.75) is 12.3 Å². The molecule has 0 aromatic rings. The summed E-state index contributed by atoms with van der Waals surface area (Å²) < 4.78 is 33.1. The predicted molar refractivity (Wildman–Crippen MR) is 17.1 cm³/mol. The minimum Gasteiger partial charge on any atom is -0.547 e. The number of aliphatic hydroxyl groups is 1. The summed E-state index contributed by atoms with van der Waals surface area (Å²) in [4.78, 5) is 9.26. The van der Waals surface area contributed by atoms with Crippen LogP contribution in [0.1, 0.15) is 0 Å². The van der Waals surface area contributed by atoms with Gasteiger partial charge in [-0.05, 0) is 0 Å². The average molecular weight is 143 g/mol. The third-order valence-corrected chi connectivity index (χ3v) is 0.533. The number of aliphatic hydroxyl groups excluding tert-OH is 1. The van der Waals surface area contributed by atoms with Crippen LogP contribution in [-0.2, 0) is 4.79 Å². The minimum atomic E-state index is -5.13. The zero-order valence-corrected chi connectivity index (χ0v) is 3.97. The SMILES string of the molecule is O=C([O-])[C@H](O)C(F)(F)F. The Labute approximate surface area is 47.7 Å². The predicted octanol–water partition coefficient (Wildman–Crippen LogP) is -1.34. The quantitative estimate of drug-likeness (QED) is 0.494. The van der Waals surface area contributed by atoms with Crippen LogP contribution in [0.3, 0.4) is 0 Å². The van der Waals surface area contributed by atoms with Gasteiger partial charge < -0.3 is 15.0 Å². The summed E-state index contributed by atoms with van der Waals surface area (Å²) in [6.07, 6.45) is -8.50. The van der Waals surface area contributed by atoms with Gasteiger partial charge in [0, 0.05) is 0 Å². The molecule has 1 atom stereocenters. The molecule has 3 nitrogen and oxygen atoms in total. The van der Waals surface area contributed by atoms with Crippen LogP contribution in [0.5, 0.6) is 0 Å². The van der Waals surface area contributed by atoms with Crippen molar-refractivity contribution < 1.29 is 28.2 Å². The smallest absolute Gasteiger partial charge is 0.419 e. The maximum Gasteiger partial charge on any atom is 0.419 e. The van der Waals surface area contributed by atoms with Crippen LogP contribution in [0.4, 0.5) is 13.2 Å². The Kier molecular flexibility index (Phi) is 2.03. The monoisotopic (exact) mass is 143 g/mol. The number of hydrogen-bond donors (Lipinski definition) is 1. The van der Waals surface area contributed by atoms with Crippen LogP contribution < -0.4 is 5.11 Å². The van der Waals surface area contributed by atoms with Crippen molar-refractivity contribution in [1.82, 2.24) is 0 Å². The second kappa shape index (κ2) is 2.22. The number of carboxylic acid groups (broad SMARTS) is 1. The summed E-state index contributed by atoms with van der Waals surface area (Å²) in [5.41, 5.74) is 0. The Morgan fingerprint density at radius 2 is 1.89 bits per heavy atom. The van der Waals surface area contributed by atoms with Gasteiger partial charge in [0.15, 0.2) is 6.10 Å². The molecule has 54 valence electrons. The highest BCUT2D eigenvalue weighted by Crippen LogP contribution is 2.18.